The molecule has 0 amide bonds. The molecule has 5 rings (SSSR count). The molecule has 114 valence electrons. The van der Waals surface area contributed by atoms with Crippen molar-refractivity contribution in [1.82, 2.24) is 19.2 Å². The molecular formula is C16H13N5O2. The van der Waals surface area contributed by atoms with Gasteiger partial charge in [0.2, 0.25) is 12.6 Å². The van der Waals surface area contributed by atoms with Crippen LogP contribution in [0.1, 0.15) is 0 Å². The summed E-state index contributed by atoms with van der Waals surface area (Å²) in [4.78, 5) is 0. The highest BCUT2D eigenvalue weighted by Gasteiger charge is 2.19. The normalized spacial score (nSPS) is 13.3. The lowest BCUT2D eigenvalue weighted by Gasteiger charge is -2.02. The summed E-state index contributed by atoms with van der Waals surface area (Å²) in [5.41, 5.74) is 9.59. The number of nitrogens with zero attached hydrogens (tertiary/aromatic N) is 4. The van der Waals surface area contributed by atoms with Gasteiger partial charge in [0.1, 0.15) is 0 Å². The SMILES string of the molecule is Cn1c2ccc(N)cc2n2c(-c3ccc4c(c3)OCO4)nnc12. The summed E-state index contributed by atoms with van der Waals surface area (Å²) < 4.78 is 14.8. The van der Waals surface area contributed by atoms with Gasteiger partial charge in [0.15, 0.2) is 17.3 Å². The molecule has 1 aliphatic heterocycles. The minimum Gasteiger partial charge on any atom is -0.454 e. The number of nitrogens with two attached hydrogens (primary N) is 1. The molecule has 0 saturated carbocycles. The molecule has 0 radical (unpaired) electrons. The topological polar surface area (TPSA) is 79.6 Å². The van der Waals surface area contributed by atoms with E-state index in [1.54, 1.807) is 0 Å². The van der Waals surface area contributed by atoms with Crippen molar-refractivity contribution in [2.75, 3.05) is 12.5 Å². The van der Waals surface area contributed by atoms with Gasteiger partial charge in [-0.15, -0.1) is 10.2 Å². The van der Waals surface area contributed by atoms with E-state index in [0.717, 1.165) is 39.7 Å². The van der Waals surface area contributed by atoms with Gasteiger partial charge in [-0.1, -0.05) is 0 Å². The number of rotatable bonds is 1. The largest absolute Gasteiger partial charge is 0.454 e. The van der Waals surface area contributed by atoms with Crippen molar-refractivity contribution in [1.29, 1.82) is 0 Å². The average molecular weight is 307 g/mol. The number of aromatic nitrogens is 4. The van der Waals surface area contributed by atoms with Gasteiger partial charge in [-0.05, 0) is 36.4 Å². The Kier molecular flexibility index (Phi) is 2.23. The van der Waals surface area contributed by atoms with Crippen LogP contribution in [0.25, 0.3) is 28.2 Å². The van der Waals surface area contributed by atoms with Gasteiger partial charge in [-0.25, -0.2) is 0 Å². The zero-order chi connectivity index (χ0) is 15.6. The average Bonchev–Trinajstić information content (AvgIpc) is 3.24. The van der Waals surface area contributed by atoms with Crippen LogP contribution in [0.3, 0.4) is 0 Å². The van der Waals surface area contributed by atoms with Crippen LogP contribution in [0.5, 0.6) is 11.5 Å². The first-order valence-electron chi connectivity index (χ1n) is 7.21. The minimum atomic E-state index is 0.249. The molecular weight excluding hydrogens is 294 g/mol. The van der Waals surface area contributed by atoms with Gasteiger partial charge in [0.25, 0.3) is 0 Å². The first-order chi connectivity index (χ1) is 11.2. The van der Waals surface area contributed by atoms with E-state index in [-0.39, 0.29) is 6.79 Å². The number of hydrogen-bond acceptors (Lipinski definition) is 5. The second kappa shape index (κ2) is 4.16. The minimum absolute atomic E-state index is 0.249. The Morgan fingerprint density at radius 2 is 1.87 bits per heavy atom. The second-order valence-electron chi connectivity index (χ2n) is 5.53. The maximum Gasteiger partial charge on any atom is 0.236 e. The molecule has 23 heavy (non-hydrogen) atoms. The van der Waals surface area contributed by atoms with Crippen molar-refractivity contribution in [3.8, 4) is 22.9 Å². The Morgan fingerprint density at radius 3 is 2.78 bits per heavy atom. The number of fused-ring (bicyclic) bond motifs is 4. The van der Waals surface area contributed by atoms with E-state index in [0.29, 0.717) is 5.69 Å². The highest BCUT2D eigenvalue weighted by atomic mass is 16.7. The fourth-order valence-electron chi connectivity index (χ4n) is 3.05. The third kappa shape index (κ3) is 1.58. The van der Waals surface area contributed by atoms with Crippen molar-refractivity contribution in [2.45, 2.75) is 0 Å². The zero-order valence-corrected chi connectivity index (χ0v) is 12.4. The molecule has 2 aromatic carbocycles. The molecule has 4 aromatic rings. The van der Waals surface area contributed by atoms with Crippen LogP contribution >= 0.6 is 0 Å². The summed E-state index contributed by atoms with van der Waals surface area (Å²) in [5, 5.41) is 8.66. The highest BCUT2D eigenvalue weighted by Crippen LogP contribution is 2.36. The Balaban J connectivity index is 1.84. The predicted octanol–water partition coefficient (Wildman–Crippen LogP) is 2.20. The molecule has 0 saturated heterocycles. The number of imidazole rings is 1. The van der Waals surface area contributed by atoms with E-state index < -0.39 is 0 Å². The van der Waals surface area contributed by atoms with Crippen LogP contribution in [0, 0.1) is 0 Å². The van der Waals surface area contributed by atoms with E-state index in [1.165, 1.54) is 0 Å². The standard InChI is InChI=1S/C16H13N5O2/c1-20-11-4-3-10(17)7-12(11)21-15(18-19-16(20)21)9-2-5-13-14(6-9)23-8-22-13/h2-7H,8,17H2,1H3. The Labute approximate surface area is 130 Å². The summed E-state index contributed by atoms with van der Waals surface area (Å²) >= 11 is 0. The highest BCUT2D eigenvalue weighted by molar-refractivity contribution is 5.85. The van der Waals surface area contributed by atoms with Crippen LogP contribution in [0.15, 0.2) is 36.4 Å². The van der Waals surface area contributed by atoms with Gasteiger partial charge in [0.05, 0.1) is 11.0 Å². The van der Waals surface area contributed by atoms with Crippen LogP contribution in [-0.4, -0.2) is 26.0 Å². The number of anilines is 1. The predicted molar refractivity (Wildman–Crippen MR) is 85.4 cm³/mol. The molecule has 2 N–H and O–H groups in total. The fraction of sp³-hybridized carbons (Fsp3) is 0.125. The van der Waals surface area contributed by atoms with Gasteiger partial charge in [-0.2, -0.15) is 0 Å². The molecule has 0 unspecified atom stereocenters. The molecule has 0 fully saturated rings. The third-order valence-corrected chi connectivity index (χ3v) is 4.18. The summed E-state index contributed by atoms with van der Waals surface area (Å²) in [7, 11) is 1.96. The Hall–Kier alpha value is -3.22. The van der Waals surface area contributed by atoms with Gasteiger partial charge >= 0.3 is 0 Å². The molecule has 0 aliphatic carbocycles. The number of nitrogen functional groups attached to an aromatic ring is 1. The van der Waals surface area contributed by atoms with Gasteiger partial charge in [0, 0.05) is 18.3 Å². The van der Waals surface area contributed by atoms with Crippen LogP contribution < -0.4 is 15.2 Å². The van der Waals surface area contributed by atoms with E-state index in [9.17, 15) is 0 Å². The fourth-order valence-corrected chi connectivity index (χ4v) is 3.05. The van der Waals surface area contributed by atoms with Crippen LogP contribution in [0.4, 0.5) is 5.69 Å². The number of aryl methyl sites for hydroxylation is 1. The van der Waals surface area contributed by atoms with E-state index >= 15 is 0 Å². The molecule has 2 aromatic heterocycles. The lowest BCUT2D eigenvalue weighted by atomic mass is 10.2. The molecule has 0 atom stereocenters. The molecule has 0 spiro atoms. The van der Waals surface area contributed by atoms with E-state index in [2.05, 4.69) is 10.2 Å². The molecule has 1 aliphatic rings. The van der Waals surface area contributed by atoms with Crippen LogP contribution in [0.2, 0.25) is 0 Å². The first kappa shape index (κ1) is 12.3. The summed E-state index contributed by atoms with van der Waals surface area (Å²) in [6.07, 6.45) is 0. The zero-order valence-electron chi connectivity index (χ0n) is 12.4. The monoisotopic (exact) mass is 307 g/mol. The Morgan fingerprint density at radius 1 is 1.00 bits per heavy atom. The Bertz CT molecular complexity index is 1080. The number of benzene rings is 2. The lowest BCUT2D eigenvalue weighted by molar-refractivity contribution is 0.174. The van der Waals surface area contributed by atoms with Crippen molar-refractivity contribution in [3.63, 3.8) is 0 Å². The number of ether oxygens (including phenoxy) is 2. The summed E-state index contributed by atoms with van der Waals surface area (Å²) in [6, 6.07) is 11.6. The van der Waals surface area contributed by atoms with Crippen molar-refractivity contribution in [2.24, 2.45) is 7.05 Å². The molecule has 3 heterocycles. The van der Waals surface area contributed by atoms with E-state index in [1.807, 2.05) is 52.4 Å². The number of hydrogen-bond donors (Lipinski definition) is 1. The van der Waals surface area contributed by atoms with Gasteiger partial charge < -0.3 is 19.8 Å². The quantitative estimate of drug-likeness (QED) is 0.545. The first-order valence-corrected chi connectivity index (χ1v) is 7.21. The molecule has 7 heteroatoms. The summed E-state index contributed by atoms with van der Waals surface area (Å²) in [6.45, 7) is 0.249. The lowest BCUT2D eigenvalue weighted by Crippen LogP contribution is -1.93. The molecule has 7 nitrogen and oxygen atoms in total. The maximum atomic E-state index is 5.96. The smallest absolute Gasteiger partial charge is 0.236 e. The van der Waals surface area contributed by atoms with Crippen molar-refractivity contribution >= 4 is 22.5 Å². The van der Waals surface area contributed by atoms with Crippen LogP contribution in [-0.2, 0) is 7.05 Å². The van der Waals surface area contributed by atoms with E-state index in [4.69, 9.17) is 15.2 Å². The second-order valence-corrected chi connectivity index (χ2v) is 5.53. The summed E-state index contributed by atoms with van der Waals surface area (Å²) in [5.74, 6) is 2.98. The van der Waals surface area contributed by atoms with Crippen molar-refractivity contribution in [3.05, 3.63) is 36.4 Å². The third-order valence-electron chi connectivity index (χ3n) is 4.18. The van der Waals surface area contributed by atoms with Crippen molar-refractivity contribution < 1.29 is 9.47 Å². The maximum absolute atomic E-state index is 5.96. The van der Waals surface area contributed by atoms with Gasteiger partial charge in [-0.3, -0.25) is 4.40 Å². The molecule has 0 bridgehead atoms.